The molecule has 0 bridgehead atoms. The minimum absolute atomic E-state index is 0.0585. The summed E-state index contributed by atoms with van der Waals surface area (Å²) >= 11 is 1.37. The smallest absolute Gasteiger partial charge is 0.353 e. The van der Waals surface area contributed by atoms with E-state index in [-0.39, 0.29) is 34.3 Å². The Balaban J connectivity index is 1.61. The fraction of sp³-hybridized carbons (Fsp3) is 0.419. The number of carboxylic acid groups (broad SMARTS) is 2. The maximum absolute atomic E-state index is 13.6. The van der Waals surface area contributed by atoms with E-state index in [1.807, 2.05) is 43.1 Å². The maximum Gasteiger partial charge on any atom is 0.353 e. The number of amides is 2. The van der Waals surface area contributed by atoms with Crippen molar-refractivity contribution in [3.8, 4) is 0 Å². The van der Waals surface area contributed by atoms with Gasteiger partial charge in [-0.3, -0.25) is 14.5 Å². The van der Waals surface area contributed by atoms with Crippen LogP contribution in [0.25, 0.3) is 0 Å². The van der Waals surface area contributed by atoms with Gasteiger partial charge in [-0.1, -0.05) is 32.0 Å². The lowest BCUT2D eigenvalue weighted by Crippen LogP contribution is -2.42. The number of aromatic carboxylic acids is 1. The molecule has 6 atom stereocenters. The van der Waals surface area contributed by atoms with Crippen LogP contribution in [-0.2, 0) is 20.9 Å². The zero-order chi connectivity index (χ0) is 31.4. The van der Waals surface area contributed by atoms with E-state index in [1.165, 1.54) is 28.8 Å². The topological polar surface area (TPSA) is 160 Å². The summed E-state index contributed by atoms with van der Waals surface area (Å²) in [6, 6.07) is 12.8. The molecule has 2 aromatic rings. The standard InChI is InChI=1S/C31H38N4O7S/c1-17(19(3)37)26-18(2)28(27(31(41)42)35(26)16-36)43-24-13-25(29(38)33-23-7-5-6-21(12-23)30(39)40)34(15-24)14-20-8-10-22(32-4)11-9-20/h5-12,16-19,24-26,32,37H,13-15H2,1-4H3,(H,33,38)(H,39,40)(H,41,42)/t17-,18-,19-,24+,25+,26?/m1/s1. The van der Waals surface area contributed by atoms with Crippen molar-refractivity contribution in [2.75, 3.05) is 24.2 Å². The first-order valence-corrected chi connectivity index (χ1v) is 15.0. The molecule has 11 nitrogen and oxygen atoms in total. The molecule has 0 aliphatic carbocycles. The molecule has 2 heterocycles. The lowest BCUT2D eigenvalue weighted by Gasteiger charge is -2.32. The fourth-order valence-electron chi connectivity index (χ4n) is 5.92. The number of carboxylic acids is 2. The number of likely N-dealkylation sites (tertiary alicyclic amines) is 1. The molecule has 4 rings (SSSR count). The lowest BCUT2D eigenvalue weighted by atomic mass is 9.88. The van der Waals surface area contributed by atoms with Crippen LogP contribution in [0.3, 0.4) is 0 Å². The molecule has 1 saturated heterocycles. The van der Waals surface area contributed by atoms with E-state index in [4.69, 9.17) is 0 Å². The number of hydrogen-bond donors (Lipinski definition) is 5. The molecule has 12 heteroatoms. The van der Waals surface area contributed by atoms with Crippen LogP contribution in [0.1, 0.15) is 43.1 Å². The van der Waals surface area contributed by atoms with E-state index in [2.05, 4.69) is 10.6 Å². The highest BCUT2D eigenvalue weighted by Gasteiger charge is 2.47. The van der Waals surface area contributed by atoms with Crippen LogP contribution in [0.4, 0.5) is 11.4 Å². The molecule has 1 unspecified atom stereocenters. The lowest BCUT2D eigenvalue weighted by molar-refractivity contribution is -0.137. The minimum atomic E-state index is -1.21. The number of aliphatic hydroxyl groups excluding tert-OH is 1. The van der Waals surface area contributed by atoms with Gasteiger partial charge in [0.15, 0.2) is 0 Å². The third-order valence-electron chi connectivity index (χ3n) is 8.32. The van der Waals surface area contributed by atoms with Crippen LogP contribution in [0.15, 0.2) is 59.1 Å². The molecule has 230 valence electrons. The highest BCUT2D eigenvalue weighted by atomic mass is 32.2. The Hall–Kier alpha value is -3.87. The highest BCUT2D eigenvalue weighted by Crippen LogP contribution is 2.46. The van der Waals surface area contributed by atoms with Gasteiger partial charge in [0.05, 0.1) is 17.7 Å². The number of anilines is 2. The van der Waals surface area contributed by atoms with Gasteiger partial charge in [-0.25, -0.2) is 9.59 Å². The molecule has 2 amide bonds. The van der Waals surface area contributed by atoms with Crippen molar-refractivity contribution < 1.29 is 34.5 Å². The van der Waals surface area contributed by atoms with Gasteiger partial charge in [0, 0.05) is 59.5 Å². The van der Waals surface area contributed by atoms with Crippen molar-refractivity contribution in [2.24, 2.45) is 11.8 Å². The summed E-state index contributed by atoms with van der Waals surface area (Å²) < 4.78 is 0. The molecule has 0 radical (unpaired) electrons. The van der Waals surface area contributed by atoms with Crippen LogP contribution in [-0.4, -0.2) is 86.4 Å². The highest BCUT2D eigenvalue weighted by molar-refractivity contribution is 8.03. The predicted molar refractivity (Wildman–Crippen MR) is 165 cm³/mol. The van der Waals surface area contributed by atoms with Crippen molar-refractivity contribution in [3.05, 3.63) is 70.3 Å². The summed E-state index contributed by atoms with van der Waals surface area (Å²) in [7, 11) is 1.83. The average molecular weight is 611 g/mol. The molecule has 5 N–H and O–H groups in total. The predicted octanol–water partition coefficient (Wildman–Crippen LogP) is 3.53. The number of nitrogens with one attached hydrogen (secondary N) is 2. The van der Waals surface area contributed by atoms with E-state index in [1.54, 1.807) is 26.0 Å². The summed E-state index contributed by atoms with van der Waals surface area (Å²) in [5.41, 5.74) is 2.29. The first kappa shape index (κ1) is 32.1. The molecule has 0 spiro atoms. The van der Waals surface area contributed by atoms with Crippen LogP contribution in [0.5, 0.6) is 0 Å². The summed E-state index contributed by atoms with van der Waals surface area (Å²) in [6.45, 7) is 6.24. The number of thioether (sulfide) groups is 1. The number of hydrogen-bond acceptors (Lipinski definition) is 8. The van der Waals surface area contributed by atoms with Gasteiger partial charge in [0.1, 0.15) is 5.70 Å². The largest absolute Gasteiger partial charge is 0.478 e. The molecule has 0 aromatic heterocycles. The minimum Gasteiger partial charge on any atom is -0.478 e. The first-order chi connectivity index (χ1) is 20.4. The quantitative estimate of drug-likeness (QED) is 0.225. The van der Waals surface area contributed by atoms with Crippen LogP contribution >= 0.6 is 11.8 Å². The zero-order valence-electron chi connectivity index (χ0n) is 24.6. The molecule has 2 aromatic carbocycles. The molecule has 2 aliphatic rings. The van der Waals surface area contributed by atoms with Crippen molar-refractivity contribution in [1.82, 2.24) is 9.80 Å². The molecular formula is C31H38N4O7S. The third kappa shape index (κ3) is 7.03. The summed E-state index contributed by atoms with van der Waals surface area (Å²) in [5.74, 6) is -3.30. The normalized spacial score (nSPS) is 23.6. The van der Waals surface area contributed by atoms with Gasteiger partial charge >= 0.3 is 11.9 Å². The second-order valence-corrected chi connectivity index (χ2v) is 12.5. The molecular weight excluding hydrogens is 572 g/mol. The van der Waals surface area contributed by atoms with E-state index in [0.29, 0.717) is 36.5 Å². The monoisotopic (exact) mass is 610 g/mol. The number of nitrogens with zero attached hydrogens (tertiary/aromatic N) is 2. The Kier molecular flexibility index (Phi) is 10.2. The maximum atomic E-state index is 13.6. The number of benzene rings is 2. The second kappa shape index (κ2) is 13.6. The van der Waals surface area contributed by atoms with Crippen molar-refractivity contribution in [3.63, 3.8) is 0 Å². The van der Waals surface area contributed by atoms with Gasteiger partial charge in [0.25, 0.3) is 0 Å². The van der Waals surface area contributed by atoms with E-state index in [9.17, 15) is 34.5 Å². The van der Waals surface area contributed by atoms with Gasteiger partial charge < -0.3 is 30.9 Å². The number of aliphatic carboxylic acids is 1. The van der Waals surface area contributed by atoms with Gasteiger partial charge in [-0.15, -0.1) is 11.8 Å². The van der Waals surface area contributed by atoms with Crippen molar-refractivity contribution in [2.45, 2.75) is 57.2 Å². The second-order valence-electron chi connectivity index (χ2n) is 11.2. The number of aliphatic hydroxyl groups is 1. The zero-order valence-corrected chi connectivity index (χ0v) is 25.4. The van der Waals surface area contributed by atoms with Crippen LogP contribution in [0, 0.1) is 11.8 Å². The first-order valence-electron chi connectivity index (χ1n) is 14.2. The Morgan fingerprint density at radius 3 is 2.35 bits per heavy atom. The molecule has 43 heavy (non-hydrogen) atoms. The average Bonchev–Trinajstić information content (AvgIpc) is 3.50. The van der Waals surface area contributed by atoms with Crippen molar-refractivity contribution in [1.29, 1.82) is 0 Å². The van der Waals surface area contributed by atoms with Crippen molar-refractivity contribution >= 4 is 47.4 Å². The van der Waals surface area contributed by atoms with E-state index in [0.717, 1.165) is 11.3 Å². The van der Waals surface area contributed by atoms with Crippen LogP contribution in [0.2, 0.25) is 0 Å². The number of carbonyl (C=O) groups excluding carboxylic acids is 2. The van der Waals surface area contributed by atoms with E-state index < -0.39 is 30.1 Å². The molecule has 1 fully saturated rings. The number of rotatable bonds is 12. The van der Waals surface area contributed by atoms with Gasteiger partial charge in [-0.2, -0.15) is 0 Å². The Morgan fingerprint density at radius 2 is 1.77 bits per heavy atom. The Labute approximate surface area is 254 Å². The van der Waals surface area contributed by atoms with Gasteiger partial charge in [-0.05, 0) is 49.2 Å². The summed E-state index contributed by atoms with van der Waals surface area (Å²) in [6.07, 6.45) is 0.178. The third-order valence-corrected chi connectivity index (χ3v) is 9.82. The molecule has 0 saturated carbocycles. The van der Waals surface area contributed by atoms with Crippen LogP contribution < -0.4 is 10.6 Å². The number of carbonyl (C=O) groups is 4. The summed E-state index contributed by atoms with van der Waals surface area (Å²) in [4.78, 5) is 53.4. The fourth-order valence-corrected chi connectivity index (χ4v) is 7.49. The molecule has 2 aliphatic heterocycles. The van der Waals surface area contributed by atoms with Gasteiger partial charge in [0.2, 0.25) is 12.3 Å². The Bertz CT molecular complexity index is 1400. The van der Waals surface area contributed by atoms with E-state index >= 15 is 0 Å². The Morgan fingerprint density at radius 1 is 1.07 bits per heavy atom. The SMILES string of the molecule is CNc1ccc(CN2C[C@@H](SC3=C(C(=O)O)N(C=O)C([C@H](C)[C@@H](C)O)[C@H]3C)C[C@H]2C(=O)Nc2cccc(C(=O)O)c2)cc1. The summed E-state index contributed by atoms with van der Waals surface area (Å²) in [5, 5.41) is 35.5.